The fourth-order valence-corrected chi connectivity index (χ4v) is 4.32. The summed E-state index contributed by atoms with van der Waals surface area (Å²) in [5.74, 6) is 0.828. The molecule has 0 fully saturated rings. The number of ether oxygens (including phenoxy) is 1. The van der Waals surface area contributed by atoms with Gasteiger partial charge in [-0.1, -0.05) is 31.5 Å². The van der Waals surface area contributed by atoms with E-state index >= 15 is 0 Å². The maximum atomic E-state index is 12.6. The van der Waals surface area contributed by atoms with Gasteiger partial charge in [-0.15, -0.1) is 0 Å². The number of amides is 2. The van der Waals surface area contributed by atoms with E-state index in [4.69, 9.17) is 26.9 Å². The van der Waals surface area contributed by atoms with Gasteiger partial charge in [0.25, 0.3) is 0 Å². The SMILES string of the molecule is CCCCc1nc2c(N)nc3ccccc3c2n1CCOCCNC(=O)C(CCCN=C(N)N)NC(C)=O. The molecule has 12 heteroatoms. The number of pyridine rings is 1. The third-order valence-electron chi connectivity index (χ3n) is 6.09. The van der Waals surface area contributed by atoms with Crippen LogP contribution in [0.5, 0.6) is 0 Å². The monoisotopic (exact) mass is 525 g/mol. The minimum absolute atomic E-state index is 0.00262. The summed E-state index contributed by atoms with van der Waals surface area (Å²) in [6.07, 6.45) is 3.89. The van der Waals surface area contributed by atoms with Crippen LogP contribution in [0.2, 0.25) is 0 Å². The summed E-state index contributed by atoms with van der Waals surface area (Å²) in [7, 11) is 0. The first-order valence-corrected chi connectivity index (χ1v) is 13.0. The summed E-state index contributed by atoms with van der Waals surface area (Å²) in [6.45, 7) is 5.58. The van der Waals surface area contributed by atoms with Gasteiger partial charge >= 0.3 is 0 Å². The van der Waals surface area contributed by atoms with Crippen molar-refractivity contribution in [3.05, 3.63) is 30.1 Å². The van der Waals surface area contributed by atoms with Gasteiger partial charge in [-0.05, 0) is 25.3 Å². The zero-order valence-corrected chi connectivity index (χ0v) is 22.2. The Hall–Kier alpha value is -3.93. The number of carbonyl (C=O) groups excluding carboxylic acids is 2. The van der Waals surface area contributed by atoms with Gasteiger partial charge in [0.2, 0.25) is 11.8 Å². The lowest BCUT2D eigenvalue weighted by Crippen LogP contribution is -2.46. The number of nitrogens with zero attached hydrogens (tertiary/aromatic N) is 4. The molecule has 38 heavy (non-hydrogen) atoms. The van der Waals surface area contributed by atoms with Crippen LogP contribution < -0.4 is 27.8 Å². The van der Waals surface area contributed by atoms with Crippen LogP contribution in [0.25, 0.3) is 21.9 Å². The van der Waals surface area contributed by atoms with Gasteiger partial charge < -0.3 is 37.1 Å². The molecule has 1 atom stereocenters. The van der Waals surface area contributed by atoms with E-state index in [-0.39, 0.29) is 17.8 Å². The smallest absolute Gasteiger partial charge is 0.242 e. The van der Waals surface area contributed by atoms with Crippen molar-refractivity contribution in [3.63, 3.8) is 0 Å². The van der Waals surface area contributed by atoms with Gasteiger partial charge in [-0.2, -0.15) is 0 Å². The lowest BCUT2D eigenvalue weighted by molar-refractivity contribution is -0.128. The van der Waals surface area contributed by atoms with Crippen LogP contribution in [0.4, 0.5) is 5.82 Å². The predicted octanol–water partition coefficient (Wildman–Crippen LogP) is 1.20. The Morgan fingerprint density at radius 1 is 1.16 bits per heavy atom. The van der Waals surface area contributed by atoms with E-state index < -0.39 is 6.04 Å². The molecule has 8 N–H and O–H groups in total. The summed E-state index contributed by atoms with van der Waals surface area (Å²) < 4.78 is 8.02. The molecule has 0 saturated carbocycles. The summed E-state index contributed by atoms with van der Waals surface area (Å²) in [4.78, 5) is 37.4. The number of carbonyl (C=O) groups is 2. The molecule has 0 aliphatic heterocycles. The summed E-state index contributed by atoms with van der Waals surface area (Å²) in [5.41, 5.74) is 19.4. The Morgan fingerprint density at radius 2 is 1.95 bits per heavy atom. The number of para-hydroxylation sites is 1. The third kappa shape index (κ3) is 7.78. The molecule has 3 aromatic rings. The molecule has 12 nitrogen and oxygen atoms in total. The normalized spacial score (nSPS) is 11.9. The van der Waals surface area contributed by atoms with E-state index in [1.807, 2.05) is 24.3 Å². The quantitative estimate of drug-likeness (QED) is 0.111. The van der Waals surface area contributed by atoms with E-state index in [0.717, 1.165) is 41.5 Å². The Bertz CT molecular complexity index is 1270. The highest BCUT2D eigenvalue weighted by Gasteiger charge is 2.19. The standard InChI is InChI=1S/C26H39N9O3/c1-3-4-11-21-34-22-23(18-8-5-6-9-19(18)33-24(22)27)35(21)14-16-38-15-13-30-25(37)20(32-17(2)36)10-7-12-31-26(28)29/h5-6,8-9,20H,3-4,7,10-16H2,1-2H3,(H2,27,33)(H,30,37)(H,32,36)(H4,28,29,31). The molecule has 206 valence electrons. The Kier molecular flexibility index (Phi) is 10.6. The van der Waals surface area contributed by atoms with Gasteiger partial charge in [-0.3, -0.25) is 14.6 Å². The number of aliphatic imine (C=N–C) groups is 1. The number of benzene rings is 1. The fourth-order valence-electron chi connectivity index (χ4n) is 4.32. The van der Waals surface area contributed by atoms with Crippen LogP contribution in [0.15, 0.2) is 29.3 Å². The van der Waals surface area contributed by atoms with Crippen molar-refractivity contribution in [3.8, 4) is 0 Å². The average molecular weight is 526 g/mol. The van der Waals surface area contributed by atoms with Gasteiger partial charge in [0, 0.05) is 38.4 Å². The zero-order chi connectivity index (χ0) is 27.5. The molecular weight excluding hydrogens is 486 g/mol. The van der Waals surface area contributed by atoms with E-state index in [1.165, 1.54) is 6.92 Å². The van der Waals surface area contributed by atoms with E-state index in [9.17, 15) is 9.59 Å². The predicted molar refractivity (Wildman–Crippen MR) is 149 cm³/mol. The first-order valence-electron chi connectivity index (χ1n) is 13.0. The van der Waals surface area contributed by atoms with Crippen molar-refractivity contribution in [1.29, 1.82) is 0 Å². The van der Waals surface area contributed by atoms with Gasteiger partial charge in [-0.25, -0.2) is 9.97 Å². The number of imidazole rings is 1. The Labute approximate surface area is 222 Å². The topological polar surface area (TPSA) is 189 Å². The highest BCUT2D eigenvalue weighted by Crippen LogP contribution is 2.29. The molecule has 1 unspecified atom stereocenters. The average Bonchev–Trinajstić information content (AvgIpc) is 3.25. The lowest BCUT2D eigenvalue weighted by Gasteiger charge is -2.17. The van der Waals surface area contributed by atoms with Gasteiger partial charge in [0.05, 0.1) is 24.2 Å². The molecule has 2 heterocycles. The molecule has 0 saturated heterocycles. The summed E-state index contributed by atoms with van der Waals surface area (Å²) in [6, 6.07) is 7.24. The van der Waals surface area contributed by atoms with E-state index in [1.54, 1.807) is 0 Å². The van der Waals surface area contributed by atoms with E-state index in [2.05, 4.69) is 32.1 Å². The molecule has 0 aliphatic carbocycles. The lowest BCUT2D eigenvalue weighted by atomic mass is 10.1. The van der Waals surface area contributed by atoms with Crippen LogP contribution in [-0.2, 0) is 27.3 Å². The van der Waals surface area contributed by atoms with Crippen molar-refractivity contribution in [1.82, 2.24) is 25.2 Å². The molecule has 0 bridgehead atoms. The number of nitrogens with one attached hydrogen (secondary N) is 2. The minimum atomic E-state index is -0.660. The highest BCUT2D eigenvalue weighted by atomic mass is 16.5. The van der Waals surface area contributed by atoms with Crippen molar-refractivity contribution in [2.24, 2.45) is 16.5 Å². The minimum Gasteiger partial charge on any atom is -0.382 e. The second kappa shape index (κ2) is 14.1. The van der Waals surface area contributed by atoms with Crippen LogP contribution in [0.3, 0.4) is 0 Å². The number of nitrogen functional groups attached to an aromatic ring is 1. The number of rotatable bonds is 15. The van der Waals surface area contributed by atoms with Crippen molar-refractivity contribution < 1.29 is 14.3 Å². The maximum absolute atomic E-state index is 12.6. The van der Waals surface area contributed by atoms with Gasteiger partial charge in [0.1, 0.15) is 17.4 Å². The number of guanidine groups is 1. The third-order valence-corrected chi connectivity index (χ3v) is 6.09. The first-order chi connectivity index (χ1) is 18.3. The number of nitrogens with two attached hydrogens (primary N) is 3. The highest BCUT2D eigenvalue weighted by molar-refractivity contribution is 6.06. The molecule has 2 aromatic heterocycles. The van der Waals surface area contributed by atoms with Crippen molar-refractivity contribution >= 4 is 45.5 Å². The summed E-state index contributed by atoms with van der Waals surface area (Å²) in [5, 5.41) is 6.50. The van der Waals surface area contributed by atoms with Gasteiger partial charge in [0.15, 0.2) is 11.8 Å². The molecule has 1 aromatic carbocycles. The van der Waals surface area contributed by atoms with Crippen LogP contribution in [0, 0.1) is 0 Å². The Balaban J connectivity index is 1.58. The van der Waals surface area contributed by atoms with Crippen LogP contribution in [-0.4, -0.2) is 64.7 Å². The molecule has 0 spiro atoms. The molecule has 0 aliphatic rings. The molecule has 3 rings (SSSR count). The molecular formula is C26H39N9O3. The maximum Gasteiger partial charge on any atom is 0.242 e. The van der Waals surface area contributed by atoms with Crippen molar-refractivity contribution in [2.75, 3.05) is 32.0 Å². The number of aromatic nitrogens is 3. The fraction of sp³-hybridized carbons (Fsp3) is 0.500. The number of fused-ring (bicyclic) bond motifs is 3. The zero-order valence-electron chi connectivity index (χ0n) is 22.2. The number of unbranched alkanes of at least 4 members (excludes halogenated alkanes) is 1. The first kappa shape index (κ1) is 28.6. The largest absolute Gasteiger partial charge is 0.382 e. The van der Waals surface area contributed by atoms with Crippen LogP contribution in [0.1, 0.15) is 45.4 Å². The second-order valence-corrected chi connectivity index (χ2v) is 9.10. The van der Waals surface area contributed by atoms with Crippen molar-refractivity contribution in [2.45, 2.75) is 58.5 Å². The van der Waals surface area contributed by atoms with Crippen LogP contribution >= 0.6 is 0 Å². The summed E-state index contributed by atoms with van der Waals surface area (Å²) >= 11 is 0. The molecule has 0 radical (unpaired) electrons. The second-order valence-electron chi connectivity index (χ2n) is 9.10. The Morgan fingerprint density at radius 3 is 2.68 bits per heavy atom. The number of anilines is 1. The number of aryl methyl sites for hydroxylation is 1. The number of hydrogen-bond donors (Lipinski definition) is 5. The number of hydrogen-bond acceptors (Lipinski definition) is 7. The van der Waals surface area contributed by atoms with E-state index in [0.29, 0.717) is 57.0 Å². The molecule has 2 amide bonds.